The number of benzene rings is 3. The average molecular weight is 300 g/mol. The van der Waals surface area contributed by atoms with E-state index in [1.807, 2.05) is 0 Å². The lowest BCUT2D eigenvalue weighted by atomic mass is 9.85. The molecule has 0 aromatic heterocycles. The van der Waals surface area contributed by atoms with Crippen molar-refractivity contribution in [2.45, 2.75) is 11.8 Å². The Kier molecular flexibility index (Phi) is 3.12. The van der Waals surface area contributed by atoms with Crippen LogP contribution in [0.25, 0.3) is 21.5 Å². The second kappa shape index (κ2) is 4.75. The van der Waals surface area contributed by atoms with E-state index < -0.39 is 11.8 Å². The second-order valence-electron chi connectivity index (χ2n) is 5.05. The van der Waals surface area contributed by atoms with E-state index >= 15 is 0 Å². The lowest BCUT2D eigenvalue weighted by Gasteiger charge is -2.28. The van der Waals surface area contributed by atoms with Gasteiger partial charge in [0, 0.05) is 5.56 Å². The zero-order valence-corrected chi connectivity index (χ0v) is 11.4. The van der Waals surface area contributed by atoms with Crippen molar-refractivity contribution in [1.29, 1.82) is 0 Å². The summed E-state index contributed by atoms with van der Waals surface area (Å²) in [5, 5.41) is 12.0. The summed E-state index contributed by atoms with van der Waals surface area (Å²) in [7, 11) is 0. The maximum absolute atomic E-state index is 13.5. The fourth-order valence-electron chi connectivity index (χ4n) is 2.70. The Morgan fingerprint density at radius 1 is 0.864 bits per heavy atom. The van der Waals surface area contributed by atoms with E-state index in [1.54, 1.807) is 48.4 Å². The molecule has 1 nitrogen and oxygen atoms in total. The van der Waals surface area contributed by atoms with E-state index in [9.17, 15) is 18.3 Å². The third kappa shape index (κ3) is 1.94. The molecule has 0 amide bonds. The van der Waals surface area contributed by atoms with Gasteiger partial charge in [-0.25, -0.2) is 0 Å². The number of rotatable bonds is 1. The molecule has 4 heteroatoms. The molecule has 0 aliphatic rings. The first-order chi connectivity index (χ1) is 10.4. The molecule has 3 aromatic carbocycles. The van der Waals surface area contributed by atoms with Crippen LogP contribution in [-0.2, 0) is 5.60 Å². The monoisotopic (exact) mass is 300 g/mol. The van der Waals surface area contributed by atoms with Crippen molar-refractivity contribution in [3.8, 4) is 12.3 Å². The molecule has 0 bridgehead atoms. The lowest BCUT2D eigenvalue weighted by Crippen LogP contribution is -2.41. The third-order valence-corrected chi connectivity index (χ3v) is 3.75. The van der Waals surface area contributed by atoms with Crippen molar-refractivity contribution >= 4 is 21.5 Å². The molecule has 3 rings (SSSR count). The summed E-state index contributed by atoms with van der Waals surface area (Å²) in [6, 6.07) is 14.9. The van der Waals surface area contributed by atoms with Crippen molar-refractivity contribution in [2.24, 2.45) is 0 Å². The van der Waals surface area contributed by atoms with E-state index in [2.05, 4.69) is 0 Å². The summed E-state index contributed by atoms with van der Waals surface area (Å²) in [4.78, 5) is 0. The van der Waals surface area contributed by atoms with Crippen LogP contribution in [0.4, 0.5) is 13.2 Å². The minimum absolute atomic E-state index is 0.291. The molecule has 0 radical (unpaired) electrons. The first kappa shape index (κ1) is 14.4. The normalized spacial score (nSPS) is 14.7. The van der Waals surface area contributed by atoms with Gasteiger partial charge in [0.05, 0.1) is 0 Å². The van der Waals surface area contributed by atoms with Crippen LogP contribution >= 0.6 is 0 Å². The molecule has 1 N–H and O–H groups in total. The molecule has 0 fully saturated rings. The average Bonchev–Trinajstić information content (AvgIpc) is 2.50. The van der Waals surface area contributed by atoms with Crippen molar-refractivity contribution in [2.75, 3.05) is 0 Å². The molecular formula is C18H11F3O. The van der Waals surface area contributed by atoms with Crippen LogP contribution in [-0.4, -0.2) is 11.3 Å². The van der Waals surface area contributed by atoms with Gasteiger partial charge in [-0.05, 0) is 27.6 Å². The van der Waals surface area contributed by atoms with Crippen LogP contribution in [0.3, 0.4) is 0 Å². The van der Waals surface area contributed by atoms with Gasteiger partial charge in [0.15, 0.2) is 0 Å². The van der Waals surface area contributed by atoms with Crippen LogP contribution in [0.5, 0.6) is 0 Å². The molecule has 1 unspecified atom stereocenters. The van der Waals surface area contributed by atoms with Crippen LogP contribution < -0.4 is 0 Å². The lowest BCUT2D eigenvalue weighted by molar-refractivity contribution is -0.239. The molecule has 110 valence electrons. The van der Waals surface area contributed by atoms with Crippen molar-refractivity contribution < 1.29 is 18.3 Å². The second-order valence-corrected chi connectivity index (χ2v) is 5.05. The Morgan fingerprint density at radius 2 is 1.32 bits per heavy atom. The zero-order chi connectivity index (χ0) is 16.0. The Morgan fingerprint density at radius 3 is 1.73 bits per heavy atom. The molecule has 0 aliphatic carbocycles. The Bertz CT molecular complexity index is 851. The third-order valence-electron chi connectivity index (χ3n) is 3.75. The van der Waals surface area contributed by atoms with Gasteiger partial charge >= 0.3 is 6.18 Å². The van der Waals surface area contributed by atoms with Gasteiger partial charge in [0.1, 0.15) is 0 Å². The molecule has 0 heterocycles. The van der Waals surface area contributed by atoms with E-state index in [0.717, 1.165) is 0 Å². The molecule has 0 aliphatic heterocycles. The van der Waals surface area contributed by atoms with E-state index in [0.29, 0.717) is 21.5 Å². The zero-order valence-electron chi connectivity index (χ0n) is 11.4. The molecule has 1 atom stereocenters. The van der Waals surface area contributed by atoms with Gasteiger partial charge in [-0.1, -0.05) is 54.5 Å². The first-order valence-electron chi connectivity index (χ1n) is 6.56. The summed E-state index contributed by atoms with van der Waals surface area (Å²) in [6.45, 7) is 0. The largest absolute Gasteiger partial charge is 0.433 e. The van der Waals surface area contributed by atoms with Crippen LogP contribution in [0, 0.1) is 12.3 Å². The predicted molar refractivity (Wildman–Crippen MR) is 80.2 cm³/mol. The SMILES string of the molecule is C#CC(O)(c1c2ccccc2cc2ccccc12)C(F)(F)F. The fraction of sp³-hybridized carbons (Fsp3) is 0.111. The highest BCUT2D eigenvalue weighted by Gasteiger charge is 2.55. The van der Waals surface area contributed by atoms with Crippen molar-refractivity contribution in [3.05, 3.63) is 60.2 Å². The van der Waals surface area contributed by atoms with E-state index in [4.69, 9.17) is 6.42 Å². The van der Waals surface area contributed by atoms with Crippen LogP contribution in [0.1, 0.15) is 5.56 Å². The summed E-state index contributed by atoms with van der Waals surface area (Å²) < 4.78 is 40.4. The molecule has 0 spiro atoms. The Labute approximate surface area is 125 Å². The number of halogens is 3. The quantitative estimate of drug-likeness (QED) is 0.522. The number of terminal acetylenes is 1. The number of alkyl halides is 3. The van der Waals surface area contributed by atoms with E-state index in [1.165, 1.54) is 12.1 Å². The number of aliphatic hydroxyl groups is 1. The van der Waals surface area contributed by atoms with Gasteiger partial charge < -0.3 is 5.11 Å². The smallest absolute Gasteiger partial charge is 0.366 e. The van der Waals surface area contributed by atoms with Gasteiger partial charge in [0.25, 0.3) is 0 Å². The summed E-state index contributed by atoms with van der Waals surface area (Å²) in [5.74, 6) is 1.55. The molecule has 22 heavy (non-hydrogen) atoms. The minimum Gasteiger partial charge on any atom is -0.366 e. The maximum Gasteiger partial charge on any atom is 0.433 e. The minimum atomic E-state index is -4.98. The molecular weight excluding hydrogens is 289 g/mol. The van der Waals surface area contributed by atoms with Crippen LogP contribution in [0.2, 0.25) is 0 Å². The summed E-state index contributed by atoms with van der Waals surface area (Å²) >= 11 is 0. The predicted octanol–water partition coefficient (Wildman–Crippen LogP) is 4.38. The van der Waals surface area contributed by atoms with Gasteiger partial charge in [-0.3, -0.25) is 0 Å². The highest BCUT2D eigenvalue weighted by Crippen LogP contribution is 2.44. The highest BCUT2D eigenvalue weighted by atomic mass is 19.4. The maximum atomic E-state index is 13.5. The number of hydrogen-bond donors (Lipinski definition) is 1. The topological polar surface area (TPSA) is 20.2 Å². The standard InChI is InChI=1S/C18H11F3O/c1-2-17(22,18(19,20)21)16-14-9-5-3-7-12(14)11-13-8-4-6-10-15(13)16/h1,3-11,22H. The van der Waals surface area contributed by atoms with Gasteiger partial charge in [-0.2, -0.15) is 13.2 Å². The van der Waals surface area contributed by atoms with E-state index in [-0.39, 0.29) is 5.56 Å². The highest BCUT2D eigenvalue weighted by molar-refractivity contribution is 6.03. The molecule has 0 saturated heterocycles. The Balaban J connectivity index is 2.57. The molecule has 3 aromatic rings. The van der Waals surface area contributed by atoms with Gasteiger partial charge in [-0.15, -0.1) is 6.42 Å². The van der Waals surface area contributed by atoms with Crippen LogP contribution in [0.15, 0.2) is 54.6 Å². The van der Waals surface area contributed by atoms with Crippen molar-refractivity contribution in [3.63, 3.8) is 0 Å². The first-order valence-corrected chi connectivity index (χ1v) is 6.56. The number of hydrogen-bond acceptors (Lipinski definition) is 1. The Hall–Kier alpha value is -2.51. The fourth-order valence-corrected chi connectivity index (χ4v) is 2.70. The number of fused-ring (bicyclic) bond motifs is 2. The summed E-state index contributed by atoms with van der Waals surface area (Å²) in [6.07, 6.45) is 0.110. The van der Waals surface area contributed by atoms with Gasteiger partial charge in [0.2, 0.25) is 5.60 Å². The van der Waals surface area contributed by atoms with Crippen molar-refractivity contribution in [1.82, 2.24) is 0 Å². The summed E-state index contributed by atoms with van der Waals surface area (Å²) in [5.41, 5.74) is -3.63. The molecule has 0 saturated carbocycles.